The highest BCUT2D eigenvalue weighted by atomic mass is 16.3. The van der Waals surface area contributed by atoms with E-state index in [0.29, 0.717) is 17.9 Å². The van der Waals surface area contributed by atoms with E-state index in [-0.39, 0.29) is 11.5 Å². The van der Waals surface area contributed by atoms with Crippen LogP contribution < -0.4 is 5.32 Å². The number of aliphatic hydroxyl groups excluding tert-OH is 1. The molecule has 0 saturated heterocycles. The molecule has 0 aliphatic heterocycles. The summed E-state index contributed by atoms with van der Waals surface area (Å²) in [6.07, 6.45) is 3.02. The number of hydrogen-bond donors (Lipinski definition) is 2. The Morgan fingerprint density at radius 2 is 1.39 bits per heavy atom. The highest BCUT2D eigenvalue weighted by Crippen LogP contribution is 2.21. The minimum atomic E-state index is -0.230. The van der Waals surface area contributed by atoms with Crippen molar-refractivity contribution in [3.05, 3.63) is 0 Å². The van der Waals surface area contributed by atoms with Gasteiger partial charge in [0.25, 0.3) is 0 Å². The summed E-state index contributed by atoms with van der Waals surface area (Å²) in [6.45, 7) is 16.3. The van der Waals surface area contributed by atoms with Gasteiger partial charge in [-0.25, -0.2) is 0 Å². The van der Waals surface area contributed by atoms with Crippen LogP contribution in [0.3, 0.4) is 0 Å². The van der Waals surface area contributed by atoms with Crippen LogP contribution in [0.25, 0.3) is 0 Å². The van der Waals surface area contributed by atoms with Crippen LogP contribution in [-0.2, 0) is 0 Å². The van der Waals surface area contributed by atoms with Gasteiger partial charge in [-0.3, -0.25) is 0 Å². The molecule has 0 saturated carbocycles. The minimum Gasteiger partial charge on any atom is -0.392 e. The highest BCUT2D eigenvalue weighted by molar-refractivity contribution is 4.75. The molecule has 0 aliphatic carbocycles. The molecule has 2 heteroatoms. The van der Waals surface area contributed by atoms with Crippen molar-refractivity contribution in [3.63, 3.8) is 0 Å². The van der Waals surface area contributed by atoms with Crippen molar-refractivity contribution in [2.24, 2.45) is 17.3 Å². The lowest BCUT2D eigenvalue weighted by Gasteiger charge is -2.27. The summed E-state index contributed by atoms with van der Waals surface area (Å²) in [6, 6.07) is 0.541. The molecule has 0 bridgehead atoms. The van der Waals surface area contributed by atoms with E-state index in [4.69, 9.17) is 0 Å². The zero-order valence-electron chi connectivity index (χ0n) is 13.6. The zero-order valence-corrected chi connectivity index (χ0v) is 13.6. The Kier molecular flexibility index (Phi) is 8.13. The number of aliphatic hydroxyl groups is 1. The van der Waals surface area contributed by atoms with Gasteiger partial charge in [0.1, 0.15) is 0 Å². The molecule has 0 heterocycles. The van der Waals surface area contributed by atoms with Crippen molar-refractivity contribution >= 4 is 0 Å². The fourth-order valence-electron chi connectivity index (χ4n) is 2.48. The van der Waals surface area contributed by atoms with E-state index in [1.807, 2.05) is 0 Å². The van der Waals surface area contributed by atoms with Gasteiger partial charge in [-0.05, 0) is 36.5 Å². The topological polar surface area (TPSA) is 32.3 Å². The maximum absolute atomic E-state index is 10.0. The van der Waals surface area contributed by atoms with E-state index in [0.717, 1.165) is 13.0 Å². The highest BCUT2D eigenvalue weighted by Gasteiger charge is 2.18. The largest absolute Gasteiger partial charge is 0.392 e. The van der Waals surface area contributed by atoms with Crippen molar-refractivity contribution in [2.75, 3.05) is 6.54 Å². The van der Waals surface area contributed by atoms with E-state index < -0.39 is 0 Å². The standard InChI is InChI=1S/C16H35NO/c1-12(2)8-14(9-13(3)4)17-11-15(18)10-16(5,6)7/h12-15,17-18H,8-11H2,1-7H3. The number of nitrogens with one attached hydrogen (secondary N) is 1. The zero-order chi connectivity index (χ0) is 14.3. The third-order valence-electron chi connectivity index (χ3n) is 3.00. The van der Waals surface area contributed by atoms with E-state index in [2.05, 4.69) is 53.8 Å². The first kappa shape index (κ1) is 17.9. The normalized spacial score (nSPS) is 14.8. The lowest BCUT2D eigenvalue weighted by atomic mass is 9.89. The maximum atomic E-state index is 10.0. The molecule has 0 fully saturated rings. The molecule has 18 heavy (non-hydrogen) atoms. The molecule has 0 rings (SSSR count). The molecule has 2 N–H and O–H groups in total. The fourth-order valence-corrected chi connectivity index (χ4v) is 2.48. The third kappa shape index (κ3) is 11.0. The van der Waals surface area contributed by atoms with Crippen molar-refractivity contribution in [1.82, 2.24) is 5.32 Å². The van der Waals surface area contributed by atoms with Crippen LogP contribution in [-0.4, -0.2) is 23.8 Å². The number of rotatable bonds is 8. The van der Waals surface area contributed by atoms with Gasteiger partial charge >= 0.3 is 0 Å². The third-order valence-corrected chi connectivity index (χ3v) is 3.00. The first-order chi connectivity index (χ1) is 8.10. The van der Waals surface area contributed by atoms with Crippen LogP contribution in [0.2, 0.25) is 0 Å². The van der Waals surface area contributed by atoms with Gasteiger partial charge in [0.15, 0.2) is 0 Å². The van der Waals surface area contributed by atoms with Crippen LogP contribution in [0.15, 0.2) is 0 Å². The quantitative estimate of drug-likeness (QED) is 0.692. The van der Waals surface area contributed by atoms with Gasteiger partial charge in [0.05, 0.1) is 6.10 Å². The summed E-state index contributed by atoms with van der Waals surface area (Å²) in [5.74, 6) is 1.42. The summed E-state index contributed by atoms with van der Waals surface area (Å²) < 4.78 is 0. The molecule has 1 atom stereocenters. The van der Waals surface area contributed by atoms with Gasteiger partial charge in [0, 0.05) is 12.6 Å². The monoisotopic (exact) mass is 257 g/mol. The minimum absolute atomic E-state index is 0.201. The summed E-state index contributed by atoms with van der Waals surface area (Å²) in [5, 5.41) is 13.6. The van der Waals surface area contributed by atoms with Gasteiger partial charge < -0.3 is 10.4 Å². The van der Waals surface area contributed by atoms with Crippen LogP contribution in [0.1, 0.15) is 67.7 Å². The molecule has 0 aliphatic rings. The molecular formula is C16H35NO. The first-order valence-corrected chi connectivity index (χ1v) is 7.51. The molecular weight excluding hydrogens is 222 g/mol. The summed E-state index contributed by atoms with van der Waals surface area (Å²) in [5.41, 5.74) is 0.201. The second kappa shape index (κ2) is 8.16. The SMILES string of the molecule is CC(C)CC(CC(C)C)NCC(O)CC(C)(C)C. The Labute approximate surface area is 115 Å². The van der Waals surface area contributed by atoms with Crippen LogP contribution in [0, 0.1) is 17.3 Å². The Hall–Kier alpha value is -0.0800. The Balaban J connectivity index is 4.08. The van der Waals surface area contributed by atoms with E-state index in [9.17, 15) is 5.11 Å². The van der Waals surface area contributed by atoms with E-state index in [1.165, 1.54) is 12.8 Å². The van der Waals surface area contributed by atoms with Gasteiger partial charge in [0.2, 0.25) is 0 Å². The van der Waals surface area contributed by atoms with Crippen molar-refractivity contribution in [2.45, 2.75) is 79.9 Å². The molecule has 0 aromatic carbocycles. The van der Waals surface area contributed by atoms with Crippen LogP contribution in [0.4, 0.5) is 0 Å². The van der Waals surface area contributed by atoms with Crippen molar-refractivity contribution in [3.8, 4) is 0 Å². The summed E-state index contributed by atoms with van der Waals surface area (Å²) in [4.78, 5) is 0. The predicted octanol–water partition coefficient (Wildman–Crippen LogP) is 3.83. The van der Waals surface area contributed by atoms with Gasteiger partial charge in [-0.1, -0.05) is 48.5 Å². The lowest BCUT2D eigenvalue weighted by molar-refractivity contribution is 0.114. The molecule has 110 valence electrons. The van der Waals surface area contributed by atoms with E-state index in [1.54, 1.807) is 0 Å². The molecule has 2 nitrogen and oxygen atoms in total. The van der Waals surface area contributed by atoms with Crippen LogP contribution >= 0.6 is 0 Å². The smallest absolute Gasteiger partial charge is 0.0669 e. The molecule has 0 aromatic heterocycles. The molecule has 1 unspecified atom stereocenters. The molecule has 0 aromatic rings. The Morgan fingerprint density at radius 3 is 1.72 bits per heavy atom. The van der Waals surface area contributed by atoms with Crippen molar-refractivity contribution in [1.29, 1.82) is 0 Å². The average Bonchev–Trinajstić information content (AvgIpc) is 2.09. The fraction of sp³-hybridized carbons (Fsp3) is 1.00. The molecule has 0 radical (unpaired) electrons. The Morgan fingerprint density at radius 1 is 0.944 bits per heavy atom. The molecule has 0 spiro atoms. The second-order valence-corrected chi connectivity index (χ2v) is 7.78. The maximum Gasteiger partial charge on any atom is 0.0669 e. The molecule has 0 amide bonds. The number of hydrogen-bond acceptors (Lipinski definition) is 2. The first-order valence-electron chi connectivity index (χ1n) is 7.51. The lowest BCUT2D eigenvalue weighted by Crippen LogP contribution is -2.38. The van der Waals surface area contributed by atoms with Crippen molar-refractivity contribution < 1.29 is 5.11 Å². The summed E-state index contributed by atoms with van der Waals surface area (Å²) in [7, 11) is 0. The predicted molar refractivity (Wildman–Crippen MR) is 80.8 cm³/mol. The van der Waals surface area contributed by atoms with Crippen LogP contribution in [0.5, 0.6) is 0 Å². The Bertz CT molecular complexity index is 196. The van der Waals surface area contributed by atoms with E-state index >= 15 is 0 Å². The van der Waals surface area contributed by atoms with Gasteiger partial charge in [-0.2, -0.15) is 0 Å². The summed E-state index contributed by atoms with van der Waals surface area (Å²) >= 11 is 0. The van der Waals surface area contributed by atoms with Gasteiger partial charge in [-0.15, -0.1) is 0 Å². The average molecular weight is 257 g/mol. The second-order valence-electron chi connectivity index (χ2n) is 7.78.